The molecule has 3 rings (SSSR count). The van der Waals surface area contributed by atoms with Gasteiger partial charge in [-0.3, -0.25) is 4.79 Å². The summed E-state index contributed by atoms with van der Waals surface area (Å²) < 4.78 is 17.0. The maximum atomic E-state index is 12.3. The first kappa shape index (κ1) is 22.7. The molecule has 3 aromatic carbocycles. The van der Waals surface area contributed by atoms with E-state index in [2.05, 4.69) is 17.2 Å². The quantitative estimate of drug-likeness (QED) is 0.306. The van der Waals surface area contributed by atoms with Gasteiger partial charge in [0, 0.05) is 23.5 Å². The zero-order valence-electron chi connectivity index (χ0n) is 18.2. The van der Waals surface area contributed by atoms with Gasteiger partial charge in [-0.15, -0.1) is 0 Å². The monoisotopic (exact) mass is 432 g/mol. The van der Waals surface area contributed by atoms with Crippen LogP contribution in [-0.2, 0) is 4.79 Å². The molecule has 2 N–H and O–H groups in total. The van der Waals surface area contributed by atoms with Gasteiger partial charge in [0.2, 0.25) is 5.91 Å². The predicted molar refractivity (Wildman–Crippen MR) is 128 cm³/mol. The van der Waals surface area contributed by atoms with Crippen molar-refractivity contribution in [1.82, 2.24) is 0 Å². The molecule has 0 spiro atoms. The Morgan fingerprint density at radius 2 is 1.38 bits per heavy atom. The van der Waals surface area contributed by atoms with E-state index in [1.807, 2.05) is 79.7 Å². The molecule has 6 nitrogen and oxygen atoms in total. The summed E-state index contributed by atoms with van der Waals surface area (Å²) in [7, 11) is 0. The van der Waals surface area contributed by atoms with E-state index in [1.165, 1.54) is 0 Å². The summed E-state index contributed by atoms with van der Waals surface area (Å²) in [6.45, 7) is 7.15. The molecule has 0 saturated heterocycles. The van der Waals surface area contributed by atoms with Crippen LogP contribution in [0.25, 0.3) is 0 Å². The van der Waals surface area contributed by atoms with Crippen LogP contribution in [0.4, 0.5) is 11.4 Å². The van der Waals surface area contributed by atoms with Crippen molar-refractivity contribution in [2.75, 3.05) is 37.0 Å². The third kappa shape index (κ3) is 8.07. The van der Waals surface area contributed by atoms with Crippen LogP contribution in [0.15, 0.2) is 91.0 Å². The largest absolute Gasteiger partial charge is 0.490 e. The Morgan fingerprint density at radius 1 is 0.781 bits per heavy atom. The minimum Gasteiger partial charge on any atom is -0.490 e. The number of amides is 1. The van der Waals surface area contributed by atoms with Crippen molar-refractivity contribution in [3.8, 4) is 17.2 Å². The van der Waals surface area contributed by atoms with Gasteiger partial charge in [-0.25, -0.2) is 0 Å². The lowest BCUT2D eigenvalue weighted by Gasteiger charge is -2.12. The van der Waals surface area contributed by atoms with Crippen LogP contribution in [-0.4, -0.2) is 32.3 Å². The second kappa shape index (κ2) is 12.1. The number of nitrogens with one attached hydrogen (secondary N) is 2. The van der Waals surface area contributed by atoms with Gasteiger partial charge in [0.25, 0.3) is 0 Å². The van der Waals surface area contributed by atoms with Crippen LogP contribution in [0.2, 0.25) is 0 Å². The topological polar surface area (TPSA) is 68.8 Å². The summed E-state index contributed by atoms with van der Waals surface area (Å²) >= 11 is 0. The summed E-state index contributed by atoms with van der Waals surface area (Å²) in [6, 6.07) is 24.3. The van der Waals surface area contributed by atoms with E-state index in [4.69, 9.17) is 14.2 Å². The van der Waals surface area contributed by atoms with Crippen molar-refractivity contribution >= 4 is 17.3 Å². The van der Waals surface area contributed by atoms with Gasteiger partial charge in [-0.2, -0.15) is 0 Å². The molecule has 0 aliphatic heterocycles. The molecule has 0 saturated carbocycles. The highest BCUT2D eigenvalue weighted by Crippen LogP contribution is 2.19. The van der Waals surface area contributed by atoms with Crippen LogP contribution in [0.5, 0.6) is 17.2 Å². The maximum absolute atomic E-state index is 12.3. The van der Waals surface area contributed by atoms with E-state index in [9.17, 15) is 4.79 Å². The fourth-order valence-corrected chi connectivity index (χ4v) is 2.79. The van der Waals surface area contributed by atoms with Gasteiger partial charge in [0.15, 0.2) is 0 Å². The zero-order valence-corrected chi connectivity index (χ0v) is 18.2. The number of para-hydroxylation sites is 1. The third-order valence-corrected chi connectivity index (χ3v) is 4.25. The number of benzene rings is 3. The molecule has 0 aliphatic carbocycles. The lowest BCUT2D eigenvalue weighted by atomic mass is 10.3. The number of hydrogen-bond acceptors (Lipinski definition) is 5. The van der Waals surface area contributed by atoms with Crippen LogP contribution in [0, 0.1) is 0 Å². The highest BCUT2D eigenvalue weighted by Gasteiger charge is 2.05. The summed E-state index contributed by atoms with van der Waals surface area (Å²) in [5.74, 6) is 2.02. The first-order valence-corrected chi connectivity index (χ1v) is 10.4. The Hall–Kier alpha value is -3.93. The van der Waals surface area contributed by atoms with Gasteiger partial charge in [0.1, 0.15) is 37.1 Å². The van der Waals surface area contributed by atoms with Crippen LogP contribution < -0.4 is 24.8 Å². The second-order valence-electron chi connectivity index (χ2n) is 7.21. The smallest absolute Gasteiger partial charge is 0.243 e. The molecule has 32 heavy (non-hydrogen) atoms. The van der Waals surface area contributed by atoms with E-state index in [0.717, 1.165) is 22.8 Å². The average molecular weight is 433 g/mol. The fourth-order valence-electron chi connectivity index (χ4n) is 2.79. The Labute approximate surface area is 188 Å². The molecular formula is C26H28N2O4. The molecule has 0 radical (unpaired) electrons. The van der Waals surface area contributed by atoms with E-state index >= 15 is 0 Å². The standard InChI is InChI=1S/C26H28N2O4/c1-20(2)19-32-25-13-6-8-21(16-25)27-18-26(29)28-22-9-7-12-24(17-22)31-15-14-30-23-10-4-3-5-11-23/h3-13,16-17,27H,1,14-15,18-19H2,2H3,(H,28,29). The molecule has 0 aliphatic rings. The molecule has 166 valence electrons. The summed E-state index contributed by atoms with van der Waals surface area (Å²) in [6.07, 6.45) is 0. The van der Waals surface area contributed by atoms with Gasteiger partial charge in [0.05, 0.1) is 6.54 Å². The first-order chi connectivity index (χ1) is 15.6. The Kier molecular flexibility index (Phi) is 8.57. The van der Waals surface area contributed by atoms with E-state index in [0.29, 0.717) is 31.3 Å². The molecule has 3 aromatic rings. The van der Waals surface area contributed by atoms with Crippen molar-refractivity contribution in [2.24, 2.45) is 0 Å². The van der Waals surface area contributed by atoms with E-state index < -0.39 is 0 Å². The van der Waals surface area contributed by atoms with Crippen molar-refractivity contribution < 1.29 is 19.0 Å². The third-order valence-electron chi connectivity index (χ3n) is 4.25. The Morgan fingerprint density at radius 3 is 2.09 bits per heavy atom. The lowest BCUT2D eigenvalue weighted by molar-refractivity contribution is -0.114. The molecule has 0 aromatic heterocycles. The number of carbonyl (C=O) groups is 1. The minimum atomic E-state index is -0.164. The van der Waals surface area contributed by atoms with Gasteiger partial charge in [-0.05, 0) is 48.9 Å². The first-order valence-electron chi connectivity index (χ1n) is 10.4. The van der Waals surface area contributed by atoms with Crippen molar-refractivity contribution in [1.29, 1.82) is 0 Å². The molecule has 0 bridgehead atoms. The second-order valence-corrected chi connectivity index (χ2v) is 7.21. The van der Waals surface area contributed by atoms with Crippen LogP contribution in [0.1, 0.15) is 6.92 Å². The van der Waals surface area contributed by atoms with E-state index in [-0.39, 0.29) is 12.5 Å². The highest BCUT2D eigenvalue weighted by molar-refractivity contribution is 5.93. The summed E-state index contributed by atoms with van der Waals surface area (Å²) in [4.78, 5) is 12.3. The number of carbonyl (C=O) groups excluding carboxylic acids is 1. The van der Waals surface area contributed by atoms with Crippen molar-refractivity contribution in [3.05, 3.63) is 91.0 Å². The number of hydrogen-bond donors (Lipinski definition) is 2. The van der Waals surface area contributed by atoms with Crippen molar-refractivity contribution in [2.45, 2.75) is 6.92 Å². The van der Waals surface area contributed by atoms with Crippen LogP contribution >= 0.6 is 0 Å². The molecule has 0 fully saturated rings. The Balaban J connectivity index is 1.42. The van der Waals surface area contributed by atoms with Crippen molar-refractivity contribution in [3.63, 3.8) is 0 Å². The fraction of sp³-hybridized carbons (Fsp3) is 0.192. The minimum absolute atomic E-state index is 0.125. The lowest BCUT2D eigenvalue weighted by Crippen LogP contribution is -2.21. The normalized spacial score (nSPS) is 10.2. The zero-order chi connectivity index (χ0) is 22.6. The number of rotatable bonds is 12. The maximum Gasteiger partial charge on any atom is 0.243 e. The molecule has 0 atom stereocenters. The predicted octanol–water partition coefficient (Wildman–Crippen LogP) is 5.15. The van der Waals surface area contributed by atoms with E-state index in [1.54, 1.807) is 6.07 Å². The summed E-state index contributed by atoms with van der Waals surface area (Å²) in [5, 5.41) is 5.97. The molecule has 0 unspecified atom stereocenters. The molecule has 6 heteroatoms. The van der Waals surface area contributed by atoms with Gasteiger partial charge in [-0.1, -0.05) is 36.9 Å². The average Bonchev–Trinajstić information content (AvgIpc) is 2.80. The number of anilines is 2. The molecule has 1 amide bonds. The number of ether oxygens (including phenoxy) is 3. The van der Waals surface area contributed by atoms with Gasteiger partial charge >= 0.3 is 0 Å². The molecular weight excluding hydrogens is 404 g/mol. The van der Waals surface area contributed by atoms with Crippen LogP contribution in [0.3, 0.4) is 0 Å². The SMILES string of the molecule is C=C(C)COc1cccc(NCC(=O)Nc2cccc(OCCOc3ccccc3)c2)c1. The van der Waals surface area contributed by atoms with Gasteiger partial charge < -0.3 is 24.8 Å². The Bertz CT molecular complexity index is 1020. The summed E-state index contributed by atoms with van der Waals surface area (Å²) in [5.41, 5.74) is 2.41. The molecule has 0 heterocycles. The highest BCUT2D eigenvalue weighted by atomic mass is 16.5.